The predicted octanol–water partition coefficient (Wildman–Crippen LogP) is 3.69. The minimum atomic E-state index is -4.45. The van der Waals surface area contributed by atoms with Crippen molar-refractivity contribution in [3.8, 4) is 5.88 Å². The molecule has 0 bridgehead atoms. The van der Waals surface area contributed by atoms with Gasteiger partial charge in [0.25, 0.3) is 0 Å². The third-order valence-electron chi connectivity index (χ3n) is 2.91. The van der Waals surface area contributed by atoms with Crippen molar-refractivity contribution in [1.29, 1.82) is 0 Å². The predicted molar refractivity (Wildman–Crippen MR) is 71.7 cm³/mol. The van der Waals surface area contributed by atoms with E-state index in [1.807, 2.05) is 0 Å². The number of hydrogen-bond acceptors (Lipinski definition) is 3. The lowest BCUT2D eigenvalue weighted by atomic mass is 10.1. The molecule has 0 atom stereocenters. The van der Waals surface area contributed by atoms with Gasteiger partial charge in [0, 0.05) is 11.8 Å². The number of nitrogens with zero attached hydrogens (tertiary/aromatic N) is 1. The first-order chi connectivity index (χ1) is 10.3. The Morgan fingerprint density at radius 2 is 2.05 bits per heavy atom. The molecule has 0 fully saturated rings. The van der Waals surface area contributed by atoms with Gasteiger partial charge in [0.1, 0.15) is 6.61 Å². The maximum atomic E-state index is 12.5. The van der Waals surface area contributed by atoms with E-state index in [-0.39, 0.29) is 23.6 Å². The summed E-state index contributed by atoms with van der Waals surface area (Å²) in [4.78, 5) is 14.5. The van der Waals surface area contributed by atoms with Crippen LogP contribution in [-0.4, -0.2) is 16.1 Å². The maximum absolute atomic E-state index is 12.5. The van der Waals surface area contributed by atoms with Gasteiger partial charge in [0.05, 0.1) is 11.1 Å². The monoisotopic (exact) mass is 311 g/mol. The van der Waals surface area contributed by atoms with Crippen LogP contribution in [0, 0.1) is 6.92 Å². The molecule has 116 valence electrons. The van der Waals surface area contributed by atoms with Crippen LogP contribution in [0.25, 0.3) is 0 Å². The van der Waals surface area contributed by atoms with Crippen LogP contribution in [0.5, 0.6) is 5.88 Å². The van der Waals surface area contributed by atoms with Gasteiger partial charge in [-0.05, 0) is 30.7 Å². The molecule has 1 aromatic heterocycles. The highest BCUT2D eigenvalue weighted by atomic mass is 19.4. The summed E-state index contributed by atoms with van der Waals surface area (Å²) in [6, 6.07) is 7.05. The molecule has 0 amide bonds. The lowest BCUT2D eigenvalue weighted by Crippen LogP contribution is -2.07. The molecule has 1 aromatic carbocycles. The normalized spacial score (nSPS) is 11.3. The molecule has 7 heteroatoms. The van der Waals surface area contributed by atoms with E-state index in [2.05, 4.69) is 4.98 Å². The molecule has 1 N–H and O–H groups in total. The molecule has 0 radical (unpaired) electrons. The molecular formula is C15H12F3NO3. The first-order valence-corrected chi connectivity index (χ1v) is 6.26. The number of carboxylic acid groups (broad SMARTS) is 1. The van der Waals surface area contributed by atoms with Crippen molar-refractivity contribution in [3.63, 3.8) is 0 Å². The molecule has 1 heterocycles. The molecule has 22 heavy (non-hydrogen) atoms. The van der Waals surface area contributed by atoms with Crippen LogP contribution in [0.4, 0.5) is 13.2 Å². The van der Waals surface area contributed by atoms with Gasteiger partial charge in [-0.25, -0.2) is 9.78 Å². The lowest BCUT2D eigenvalue weighted by molar-refractivity contribution is -0.137. The Hall–Kier alpha value is -2.57. The van der Waals surface area contributed by atoms with Crippen molar-refractivity contribution in [2.24, 2.45) is 0 Å². The highest BCUT2D eigenvalue weighted by molar-refractivity contribution is 5.87. The maximum Gasteiger partial charge on any atom is 0.417 e. The molecule has 0 spiro atoms. The van der Waals surface area contributed by atoms with Crippen molar-refractivity contribution in [3.05, 3.63) is 58.8 Å². The second-order valence-electron chi connectivity index (χ2n) is 4.64. The number of halogens is 3. The highest BCUT2D eigenvalue weighted by Crippen LogP contribution is 2.31. The van der Waals surface area contributed by atoms with E-state index < -0.39 is 17.7 Å². The van der Waals surface area contributed by atoms with Crippen molar-refractivity contribution in [2.75, 3.05) is 0 Å². The van der Waals surface area contributed by atoms with Gasteiger partial charge in [-0.3, -0.25) is 0 Å². The molecule has 0 saturated carbocycles. The zero-order valence-corrected chi connectivity index (χ0v) is 11.5. The Bertz CT molecular complexity index is 699. The lowest BCUT2D eigenvalue weighted by Gasteiger charge is -2.11. The summed E-state index contributed by atoms with van der Waals surface area (Å²) in [5.41, 5.74) is 0.105. The number of hydrogen-bond donors (Lipinski definition) is 1. The van der Waals surface area contributed by atoms with Gasteiger partial charge in [0.2, 0.25) is 5.88 Å². The fraction of sp³-hybridized carbons (Fsp3) is 0.200. The van der Waals surface area contributed by atoms with E-state index >= 15 is 0 Å². The number of aromatic nitrogens is 1. The molecular weight excluding hydrogens is 299 g/mol. The quantitative estimate of drug-likeness (QED) is 0.935. The summed E-state index contributed by atoms with van der Waals surface area (Å²) < 4.78 is 43.0. The number of aromatic carboxylic acids is 1. The Labute approximate surface area is 124 Å². The Morgan fingerprint density at radius 3 is 2.64 bits per heavy atom. The van der Waals surface area contributed by atoms with E-state index in [0.29, 0.717) is 11.8 Å². The molecule has 0 aliphatic rings. The number of alkyl halides is 3. The number of aryl methyl sites for hydroxylation is 1. The summed E-state index contributed by atoms with van der Waals surface area (Å²) in [5.74, 6) is -0.987. The van der Waals surface area contributed by atoms with Crippen molar-refractivity contribution >= 4 is 5.97 Å². The first kappa shape index (κ1) is 15.8. The van der Waals surface area contributed by atoms with Crippen LogP contribution < -0.4 is 4.74 Å². The van der Waals surface area contributed by atoms with Crippen LogP contribution in [-0.2, 0) is 12.8 Å². The van der Waals surface area contributed by atoms with Gasteiger partial charge in [-0.2, -0.15) is 13.2 Å². The fourth-order valence-corrected chi connectivity index (χ4v) is 1.81. The minimum absolute atomic E-state index is 0.0142. The average Bonchev–Trinajstić information content (AvgIpc) is 2.45. The van der Waals surface area contributed by atoms with Crippen molar-refractivity contribution in [1.82, 2.24) is 4.98 Å². The van der Waals surface area contributed by atoms with Crippen LogP contribution in [0.1, 0.15) is 27.0 Å². The van der Waals surface area contributed by atoms with E-state index in [9.17, 15) is 18.0 Å². The van der Waals surface area contributed by atoms with E-state index in [1.54, 1.807) is 12.1 Å². The smallest absolute Gasteiger partial charge is 0.417 e. The van der Waals surface area contributed by atoms with Gasteiger partial charge in [-0.1, -0.05) is 12.1 Å². The average molecular weight is 311 g/mol. The van der Waals surface area contributed by atoms with Gasteiger partial charge in [0.15, 0.2) is 0 Å². The minimum Gasteiger partial charge on any atom is -0.478 e. The van der Waals surface area contributed by atoms with Gasteiger partial charge >= 0.3 is 12.1 Å². The van der Waals surface area contributed by atoms with Crippen molar-refractivity contribution < 1.29 is 27.8 Å². The largest absolute Gasteiger partial charge is 0.478 e. The van der Waals surface area contributed by atoms with Crippen LogP contribution in [0.2, 0.25) is 0 Å². The molecule has 0 aliphatic carbocycles. The Morgan fingerprint density at radius 1 is 1.32 bits per heavy atom. The number of rotatable bonds is 4. The highest BCUT2D eigenvalue weighted by Gasteiger charge is 2.31. The van der Waals surface area contributed by atoms with Crippen LogP contribution >= 0.6 is 0 Å². The molecule has 0 aliphatic heterocycles. The number of ether oxygens (including phenoxy) is 1. The van der Waals surface area contributed by atoms with Gasteiger partial charge in [-0.15, -0.1) is 0 Å². The molecule has 0 unspecified atom stereocenters. The fourth-order valence-electron chi connectivity index (χ4n) is 1.81. The topological polar surface area (TPSA) is 59.4 Å². The summed E-state index contributed by atoms with van der Waals surface area (Å²) in [6.07, 6.45) is -3.75. The molecule has 0 saturated heterocycles. The molecule has 2 rings (SSSR count). The third-order valence-corrected chi connectivity index (χ3v) is 2.91. The SMILES string of the molecule is Cc1cc(C(F)(F)F)cnc1OCc1cccc(C(=O)O)c1. The van der Waals surface area contributed by atoms with E-state index in [1.165, 1.54) is 19.1 Å². The van der Waals surface area contributed by atoms with Crippen molar-refractivity contribution in [2.45, 2.75) is 19.7 Å². The molecule has 4 nitrogen and oxygen atoms in total. The zero-order valence-electron chi connectivity index (χ0n) is 11.5. The van der Waals surface area contributed by atoms with E-state index in [0.717, 1.165) is 6.07 Å². The number of pyridine rings is 1. The third kappa shape index (κ3) is 3.75. The summed E-state index contributed by atoms with van der Waals surface area (Å²) in [7, 11) is 0. The van der Waals surface area contributed by atoms with Crippen LogP contribution in [0.3, 0.4) is 0 Å². The Balaban J connectivity index is 2.12. The van der Waals surface area contributed by atoms with E-state index in [4.69, 9.17) is 9.84 Å². The first-order valence-electron chi connectivity index (χ1n) is 6.26. The van der Waals surface area contributed by atoms with Gasteiger partial charge < -0.3 is 9.84 Å². The second-order valence-corrected chi connectivity index (χ2v) is 4.64. The summed E-state index contributed by atoms with van der Waals surface area (Å²) in [5, 5.41) is 8.89. The standard InChI is InChI=1S/C15H12F3NO3/c1-9-5-12(15(16,17)18)7-19-13(9)22-8-10-3-2-4-11(6-10)14(20)21/h2-7H,8H2,1H3,(H,20,21). The number of carbonyl (C=O) groups is 1. The molecule has 2 aromatic rings. The Kier molecular flexibility index (Phi) is 4.35. The number of benzene rings is 1. The second kappa shape index (κ2) is 6.05. The van der Waals surface area contributed by atoms with Crippen LogP contribution in [0.15, 0.2) is 36.5 Å². The summed E-state index contributed by atoms with van der Waals surface area (Å²) in [6.45, 7) is 1.48. The summed E-state index contributed by atoms with van der Waals surface area (Å²) >= 11 is 0. The number of carboxylic acids is 1. The zero-order chi connectivity index (χ0) is 16.3.